The Kier molecular flexibility index (Phi) is 8.59. The van der Waals surface area contributed by atoms with Gasteiger partial charge in [-0.3, -0.25) is 13.9 Å². The molecule has 31 heavy (non-hydrogen) atoms. The number of benzene rings is 2. The van der Waals surface area contributed by atoms with Crippen molar-refractivity contribution in [2.75, 3.05) is 24.2 Å². The Bertz CT molecular complexity index is 1060. The van der Waals surface area contributed by atoms with Gasteiger partial charge in [0.1, 0.15) is 12.6 Å². The average Bonchev–Trinajstić information content (AvgIpc) is 2.70. The molecule has 0 bridgehead atoms. The molecule has 11 heteroatoms. The highest BCUT2D eigenvalue weighted by Gasteiger charge is 2.30. The number of hydrogen-bond donors (Lipinski definition) is 1. The molecule has 0 heterocycles. The quantitative estimate of drug-likeness (QED) is 0.593. The minimum atomic E-state index is -3.80. The van der Waals surface area contributed by atoms with E-state index < -0.39 is 34.4 Å². The highest BCUT2D eigenvalue weighted by molar-refractivity contribution is 7.92. The van der Waals surface area contributed by atoms with E-state index in [1.165, 1.54) is 42.3 Å². The number of carbonyl (C=O) groups excluding carboxylic acids is 2. The van der Waals surface area contributed by atoms with Gasteiger partial charge in [0.15, 0.2) is 0 Å². The second kappa shape index (κ2) is 10.5. The number of sulfonamides is 1. The lowest BCUT2D eigenvalue weighted by Crippen LogP contribution is -2.50. The Morgan fingerprint density at radius 2 is 1.61 bits per heavy atom. The van der Waals surface area contributed by atoms with Crippen molar-refractivity contribution in [3.8, 4) is 0 Å². The van der Waals surface area contributed by atoms with Crippen molar-refractivity contribution in [1.82, 2.24) is 10.2 Å². The highest BCUT2D eigenvalue weighted by Crippen LogP contribution is 2.24. The molecular formula is C20H22Cl3N3O4S. The summed E-state index contributed by atoms with van der Waals surface area (Å²) >= 11 is 18.1. The zero-order valence-electron chi connectivity index (χ0n) is 17.1. The first-order valence-corrected chi connectivity index (χ1v) is 12.1. The molecular weight excluding hydrogens is 485 g/mol. The molecule has 168 valence electrons. The smallest absolute Gasteiger partial charge is 0.244 e. The molecule has 0 spiro atoms. The van der Waals surface area contributed by atoms with Gasteiger partial charge in [0.05, 0.1) is 11.9 Å². The monoisotopic (exact) mass is 505 g/mol. The molecule has 0 fully saturated rings. The van der Waals surface area contributed by atoms with E-state index >= 15 is 0 Å². The molecule has 1 N–H and O–H groups in total. The van der Waals surface area contributed by atoms with Gasteiger partial charge >= 0.3 is 0 Å². The Morgan fingerprint density at radius 3 is 2.13 bits per heavy atom. The molecule has 0 aromatic heterocycles. The van der Waals surface area contributed by atoms with E-state index in [1.807, 2.05) is 0 Å². The van der Waals surface area contributed by atoms with Gasteiger partial charge in [0.2, 0.25) is 21.8 Å². The molecule has 2 aromatic rings. The molecule has 0 saturated heterocycles. The lowest BCUT2D eigenvalue weighted by atomic mass is 10.1. The van der Waals surface area contributed by atoms with Crippen LogP contribution in [0.4, 0.5) is 5.69 Å². The number of amides is 2. The van der Waals surface area contributed by atoms with E-state index in [0.717, 1.165) is 10.6 Å². The van der Waals surface area contributed by atoms with Gasteiger partial charge in [-0.05, 0) is 48.9 Å². The molecule has 7 nitrogen and oxygen atoms in total. The van der Waals surface area contributed by atoms with Gasteiger partial charge in [-0.15, -0.1) is 0 Å². The molecule has 2 rings (SSSR count). The zero-order chi connectivity index (χ0) is 23.3. The number of nitrogens with one attached hydrogen (secondary N) is 1. The van der Waals surface area contributed by atoms with E-state index in [0.29, 0.717) is 20.6 Å². The Balaban J connectivity index is 2.40. The van der Waals surface area contributed by atoms with Crippen molar-refractivity contribution < 1.29 is 18.0 Å². The van der Waals surface area contributed by atoms with Crippen LogP contribution in [0.1, 0.15) is 12.5 Å². The van der Waals surface area contributed by atoms with E-state index in [-0.39, 0.29) is 12.2 Å². The van der Waals surface area contributed by atoms with Crippen LogP contribution in [0.2, 0.25) is 15.1 Å². The number of carbonyl (C=O) groups is 2. The first kappa shape index (κ1) is 25.3. The van der Waals surface area contributed by atoms with E-state index in [1.54, 1.807) is 19.1 Å². The summed E-state index contributed by atoms with van der Waals surface area (Å²) in [5, 5.41) is 3.68. The van der Waals surface area contributed by atoms with Gasteiger partial charge in [-0.1, -0.05) is 40.9 Å². The molecule has 1 atom stereocenters. The number of halogens is 3. The molecule has 0 aliphatic carbocycles. The first-order valence-electron chi connectivity index (χ1n) is 9.12. The largest absolute Gasteiger partial charge is 0.357 e. The SMILES string of the molecule is CNC(=O)[C@@H](C)N(Cc1ccc(Cl)cc1Cl)C(=O)CN(c1ccc(Cl)cc1)S(C)(=O)=O. The van der Waals surface area contributed by atoms with Crippen molar-refractivity contribution in [2.45, 2.75) is 19.5 Å². The minimum absolute atomic E-state index is 0.0123. The predicted molar refractivity (Wildman–Crippen MR) is 124 cm³/mol. The number of rotatable bonds is 8. The summed E-state index contributed by atoms with van der Waals surface area (Å²) in [6, 6.07) is 9.97. The molecule has 2 aromatic carbocycles. The van der Waals surface area contributed by atoms with Gasteiger partial charge in [0, 0.05) is 28.7 Å². The summed E-state index contributed by atoms with van der Waals surface area (Å²) in [4.78, 5) is 26.8. The molecule has 0 unspecified atom stereocenters. The summed E-state index contributed by atoms with van der Waals surface area (Å²) < 4.78 is 25.7. The number of nitrogens with zero attached hydrogens (tertiary/aromatic N) is 2. The minimum Gasteiger partial charge on any atom is -0.357 e. The Labute approximate surface area is 196 Å². The fourth-order valence-electron chi connectivity index (χ4n) is 2.85. The first-order chi connectivity index (χ1) is 14.4. The third kappa shape index (κ3) is 6.74. The van der Waals surface area contributed by atoms with Crippen LogP contribution in [0.3, 0.4) is 0 Å². The van der Waals surface area contributed by atoms with Gasteiger partial charge in [-0.25, -0.2) is 8.42 Å². The highest BCUT2D eigenvalue weighted by atomic mass is 35.5. The van der Waals surface area contributed by atoms with E-state index in [2.05, 4.69) is 5.32 Å². The van der Waals surface area contributed by atoms with Crippen LogP contribution in [-0.2, 0) is 26.2 Å². The van der Waals surface area contributed by atoms with E-state index in [9.17, 15) is 18.0 Å². The summed E-state index contributed by atoms with van der Waals surface area (Å²) in [5.74, 6) is -0.988. The third-order valence-electron chi connectivity index (χ3n) is 4.56. The Hall–Kier alpha value is -2.00. The number of likely N-dealkylation sites (N-methyl/N-ethyl adjacent to an activating group) is 1. The van der Waals surface area contributed by atoms with Crippen molar-refractivity contribution in [3.05, 3.63) is 63.1 Å². The van der Waals surface area contributed by atoms with Crippen LogP contribution >= 0.6 is 34.8 Å². The standard InChI is InChI=1S/C20H22Cl3N3O4S/c1-13(20(28)24-2)25(11-14-4-5-16(22)10-18(14)23)19(27)12-26(31(3,29)30)17-8-6-15(21)7-9-17/h4-10,13H,11-12H2,1-3H3,(H,24,28)/t13-/m1/s1. The number of hydrogen-bond acceptors (Lipinski definition) is 4. The third-order valence-corrected chi connectivity index (χ3v) is 6.54. The molecule has 0 radical (unpaired) electrons. The van der Waals surface area contributed by atoms with Crippen LogP contribution in [0.5, 0.6) is 0 Å². The van der Waals surface area contributed by atoms with Gasteiger partial charge in [-0.2, -0.15) is 0 Å². The second-order valence-electron chi connectivity index (χ2n) is 6.79. The van der Waals surface area contributed by atoms with Crippen LogP contribution in [-0.4, -0.2) is 51.0 Å². The fourth-order valence-corrected chi connectivity index (χ4v) is 4.29. The Morgan fingerprint density at radius 1 is 1.03 bits per heavy atom. The number of anilines is 1. The molecule has 0 saturated carbocycles. The van der Waals surface area contributed by atoms with Crippen molar-refractivity contribution in [2.24, 2.45) is 0 Å². The van der Waals surface area contributed by atoms with Crippen molar-refractivity contribution >= 4 is 62.3 Å². The lowest BCUT2D eigenvalue weighted by molar-refractivity contribution is -0.139. The van der Waals surface area contributed by atoms with Gasteiger partial charge in [0.25, 0.3) is 0 Å². The van der Waals surface area contributed by atoms with E-state index in [4.69, 9.17) is 34.8 Å². The van der Waals surface area contributed by atoms with Crippen LogP contribution in [0.25, 0.3) is 0 Å². The summed E-state index contributed by atoms with van der Waals surface area (Å²) in [7, 11) is -2.35. The summed E-state index contributed by atoms with van der Waals surface area (Å²) in [5.41, 5.74) is 0.838. The predicted octanol–water partition coefficient (Wildman–Crippen LogP) is 3.58. The van der Waals surface area contributed by atoms with Crippen LogP contribution < -0.4 is 9.62 Å². The normalized spacial score (nSPS) is 12.2. The van der Waals surface area contributed by atoms with Crippen LogP contribution in [0, 0.1) is 0 Å². The molecule has 0 aliphatic rings. The van der Waals surface area contributed by atoms with Crippen molar-refractivity contribution in [1.29, 1.82) is 0 Å². The maximum atomic E-state index is 13.2. The lowest BCUT2D eigenvalue weighted by Gasteiger charge is -2.31. The van der Waals surface area contributed by atoms with Gasteiger partial charge < -0.3 is 10.2 Å². The topological polar surface area (TPSA) is 86.8 Å². The maximum absolute atomic E-state index is 13.2. The fraction of sp³-hybridized carbons (Fsp3) is 0.300. The zero-order valence-corrected chi connectivity index (χ0v) is 20.2. The van der Waals surface area contributed by atoms with Crippen molar-refractivity contribution in [3.63, 3.8) is 0 Å². The molecule has 2 amide bonds. The second-order valence-corrected chi connectivity index (χ2v) is 9.98. The summed E-state index contributed by atoms with van der Waals surface area (Å²) in [6.07, 6.45) is 0.997. The maximum Gasteiger partial charge on any atom is 0.244 e. The summed E-state index contributed by atoms with van der Waals surface area (Å²) in [6.45, 7) is 1.03. The van der Waals surface area contributed by atoms with Crippen LogP contribution in [0.15, 0.2) is 42.5 Å². The molecule has 0 aliphatic heterocycles. The average molecular weight is 507 g/mol.